The summed E-state index contributed by atoms with van der Waals surface area (Å²) in [5.74, 6) is 4.62. The van der Waals surface area contributed by atoms with Gasteiger partial charge in [0.15, 0.2) is 0 Å². The summed E-state index contributed by atoms with van der Waals surface area (Å²) >= 11 is 0. The highest BCUT2D eigenvalue weighted by Gasteiger charge is 2.40. The van der Waals surface area contributed by atoms with E-state index in [0.29, 0.717) is 0 Å². The largest absolute Gasteiger partial charge is 0.0533 e. The van der Waals surface area contributed by atoms with Gasteiger partial charge in [0.2, 0.25) is 0 Å². The van der Waals surface area contributed by atoms with Crippen LogP contribution in [0.2, 0.25) is 0 Å². The molecule has 3 saturated carbocycles. The maximum absolute atomic E-state index is 1.60. The Morgan fingerprint density at radius 3 is 1.74 bits per heavy atom. The first-order chi connectivity index (χ1) is 11.4. The molecule has 0 radical (unpaired) electrons. The first kappa shape index (κ1) is 17.8. The van der Waals surface area contributed by atoms with Gasteiger partial charge in [-0.25, -0.2) is 0 Å². The first-order valence-corrected chi connectivity index (χ1v) is 11.4. The van der Waals surface area contributed by atoms with E-state index in [1.54, 1.807) is 51.4 Å². The number of hydrogen-bond donors (Lipinski definition) is 0. The van der Waals surface area contributed by atoms with Crippen LogP contribution in [0.25, 0.3) is 0 Å². The minimum atomic E-state index is 1.13. The summed E-state index contributed by atoms with van der Waals surface area (Å²) in [7, 11) is 0. The molecular weight excluding hydrogens is 276 g/mol. The molecule has 3 unspecified atom stereocenters. The van der Waals surface area contributed by atoms with Gasteiger partial charge in [-0.15, -0.1) is 0 Å². The summed E-state index contributed by atoms with van der Waals surface area (Å²) in [5.41, 5.74) is 0. The van der Waals surface area contributed by atoms with Crippen LogP contribution in [-0.2, 0) is 0 Å². The van der Waals surface area contributed by atoms with Gasteiger partial charge in [0.25, 0.3) is 0 Å². The maximum atomic E-state index is 1.60. The SMILES string of the molecule is C(CCCCCC1CCC1)CCCCCC1CC2CCCCC12. The van der Waals surface area contributed by atoms with Crippen LogP contribution < -0.4 is 0 Å². The first-order valence-electron chi connectivity index (χ1n) is 11.4. The fourth-order valence-corrected chi connectivity index (χ4v) is 5.71. The van der Waals surface area contributed by atoms with Gasteiger partial charge in [0.05, 0.1) is 0 Å². The van der Waals surface area contributed by atoms with E-state index in [-0.39, 0.29) is 0 Å². The molecule has 3 aliphatic rings. The lowest BCUT2D eigenvalue weighted by atomic mass is 9.57. The Labute approximate surface area is 146 Å². The Bertz CT molecular complexity index is 303. The number of rotatable bonds is 12. The highest BCUT2D eigenvalue weighted by Crippen LogP contribution is 2.51. The van der Waals surface area contributed by atoms with E-state index in [0.717, 1.165) is 17.8 Å². The topological polar surface area (TPSA) is 0 Å². The predicted octanol–water partition coefficient (Wildman–Crippen LogP) is 7.90. The van der Waals surface area contributed by atoms with Crippen molar-refractivity contribution in [2.24, 2.45) is 23.7 Å². The molecule has 3 atom stereocenters. The highest BCUT2D eigenvalue weighted by molar-refractivity contribution is 4.91. The Balaban J connectivity index is 1.04. The Morgan fingerprint density at radius 1 is 0.522 bits per heavy atom. The average Bonchev–Trinajstić information content (AvgIpc) is 2.50. The van der Waals surface area contributed by atoms with E-state index in [1.165, 1.54) is 76.5 Å². The Kier molecular flexibility index (Phi) is 7.82. The van der Waals surface area contributed by atoms with E-state index in [4.69, 9.17) is 0 Å². The zero-order valence-electron chi connectivity index (χ0n) is 15.7. The standard InChI is InChI=1S/C23H42/c1(2-4-6-8-13-20-14-12-15-20)3-5-7-9-16-21-19-22-17-10-11-18-23(21)22/h20-23H,1-19H2. The number of unbranched alkanes of at least 4 members (excludes halogenated alkanes) is 8. The zero-order valence-corrected chi connectivity index (χ0v) is 15.7. The predicted molar refractivity (Wildman–Crippen MR) is 102 cm³/mol. The van der Waals surface area contributed by atoms with Gasteiger partial charge >= 0.3 is 0 Å². The summed E-state index contributed by atoms with van der Waals surface area (Å²) in [4.78, 5) is 0. The van der Waals surface area contributed by atoms with Crippen LogP contribution in [0.5, 0.6) is 0 Å². The summed E-state index contributed by atoms with van der Waals surface area (Å²) in [6, 6.07) is 0. The second-order valence-electron chi connectivity index (χ2n) is 9.26. The Hall–Kier alpha value is 0. The third kappa shape index (κ3) is 5.79. The molecule has 0 aromatic carbocycles. The average molecular weight is 319 g/mol. The zero-order chi connectivity index (χ0) is 15.7. The second-order valence-corrected chi connectivity index (χ2v) is 9.26. The third-order valence-electron chi connectivity index (χ3n) is 7.59. The molecule has 0 heteroatoms. The van der Waals surface area contributed by atoms with Crippen LogP contribution in [0.3, 0.4) is 0 Å². The summed E-state index contributed by atoms with van der Waals surface area (Å²) < 4.78 is 0. The van der Waals surface area contributed by atoms with E-state index in [1.807, 2.05) is 0 Å². The lowest BCUT2D eigenvalue weighted by Crippen LogP contribution is -2.38. The van der Waals surface area contributed by atoms with Crippen LogP contribution >= 0.6 is 0 Å². The van der Waals surface area contributed by atoms with Crippen molar-refractivity contribution in [3.05, 3.63) is 0 Å². The molecule has 3 rings (SSSR count). The van der Waals surface area contributed by atoms with Crippen LogP contribution in [0.4, 0.5) is 0 Å². The molecule has 0 heterocycles. The van der Waals surface area contributed by atoms with Gasteiger partial charge in [-0.05, 0) is 36.5 Å². The van der Waals surface area contributed by atoms with Crippen LogP contribution in [0.15, 0.2) is 0 Å². The molecule has 0 amide bonds. The van der Waals surface area contributed by atoms with Crippen molar-refractivity contribution < 1.29 is 0 Å². The molecule has 23 heavy (non-hydrogen) atoms. The van der Waals surface area contributed by atoms with Crippen molar-refractivity contribution in [1.29, 1.82) is 0 Å². The highest BCUT2D eigenvalue weighted by atomic mass is 14.5. The van der Waals surface area contributed by atoms with Crippen LogP contribution in [0.1, 0.15) is 122 Å². The van der Waals surface area contributed by atoms with Gasteiger partial charge in [0.1, 0.15) is 0 Å². The summed E-state index contributed by atoms with van der Waals surface area (Å²) in [5, 5.41) is 0. The lowest BCUT2D eigenvalue weighted by Gasteiger charge is -2.48. The van der Waals surface area contributed by atoms with Crippen LogP contribution in [0, 0.1) is 23.7 Å². The quantitative estimate of drug-likeness (QED) is 0.321. The molecular formula is C23H42. The molecule has 0 aromatic heterocycles. The van der Waals surface area contributed by atoms with Crippen molar-refractivity contribution in [3.8, 4) is 0 Å². The molecule has 0 spiro atoms. The van der Waals surface area contributed by atoms with E-state index >= 15 is 0 Å². The molecule has 0 aromatic rings. The Morgan fingerprint density at radius 2 is 1.13 bits per heavy atom. The van der Waals surface area contributed by atoms with E-state index in [9.17, 15) is 0 Å². The lowest BCUT2D eigenvalue weighted by molar-refractivity contribution is 0.0225. The van der Waals surface area contributed by atoms with E-state index < -0.39 is 0 Å². The van der Waals surface area contributed by atoms with Gasteiger partial charge < -0.3 is 0 Å². The van der Waals surface area contributed by atoms with Crippen LogP contribution in [-0.4, -0.2) is 0 Å². The smallest absolute Gasteiger partial charge is 0.0357 e. The molecule has 3 fully saturated rings. The van der Waals surface area contributed by atoms with Crippen molar-refractivity contribution in [1.82, 2.24) is 0 Å². The van der Waals surface area contributed by atoms with Crippen molar-refractivity contribution in [2.45, 2.75) is 122 Å². The molecule has 0 N–H and O–H groups in total. The van der Waals surface area contributed by atoms with E-state index in [2.05, 4.69) is 0 Å². The molecule has 0 bridgehead atoms. The molecule has 0 nitrogen and oxygen atoms in total. The number of fused-ring (bicyclic) bond motifs is 1. The monoisotopic (exact) mass is 318 g/mol. The molecule has 134 valence electrons. The van der Waals surface area contributed by atoms with Crippen molar-refractivity contribution in [2.75, 3.05) is 0 Å². The normalized spacial score (nSPS) is 30.5. The fourth-order valence-electron chi connectivity index (χ4n) is 5.71. The molecule has 0 saturated heterocycles. The molecule has 3 aliphatic carbocycles. The van der Waals surface area contributed by atoms with Gasteiger partial charge in [0, 0.05) is 0 Å². The maximum Gasteiger partial charge on any atom is -0.0357 e. The minimum absolute atomic E-state index is 1.13. The van der Waals surface area contributed by atoms with Gasteiger partial charge in [-0.1, -0.05) is 109 Å². The molecule has 0 aliphatic heterocycles. The number of hydrogen-bond acceptors (Lipinski definition) is 0. The summed E-state index contributed by atoms with van der Waals surface area (Å²) in [6.45, 7) is 0. The minimum Gasteiger partial charge on any atom is -0.0533 e. The van der Waals surface area contributed by atoms with Gasteiger partial charge in [-0.2, -0.15) is 0 Å². The van der Waals surface area contributed by atoms with Gasteiger partial charge in [-0.3, -0.25) is 0 Å². The summed E-state index contributed by atoms with van der Waals surface area (Å²) in [6.07, 6.45) is 29.2. The second kappa shape index (κ2) is 10.1. The third-order valence-corrected chi connectivity index (χ3v) is 7.59. The fraction of sp³-hybridized carbons (Fsp3) is 1.00. The van der Waals surface area contributed by atoms with Crippen molar-refractivity contribution in [3.63, 3.8) is 0 Å². The van der Waals surface area contributed by atoms with Crippen molar-refractivity contribution >= 4 is 0 Å².